The Morgan fingerprint density at radius 3 is 2.52 bits per heavy atom. The zero-order valence-electron chi connectivity index (χ0n) is 13.8. The van der Waals surface area contributed by atoms with Crippen molar-refractivity contribution in [3.05, 3.63) is 65.7 Å². The zero-order chi connectivity index (χ0) is 16.5. The minimum absolute atomic E-state index is 0.0355. The molecule has 0 aliphatic heterocycles. The molecule has 0 atom stereocenters. The van der Waals surface area contributed by atoms with E-state index < -0.39 is 0 Å². The van der Waals surface area contributed by atoms with Crippen molar-refractivity contribution < 1.29 is 9.53 Å². The lowest BCUT2D eigenvalue weighted by molar-refractivity contribution is 0.0772. The van der Waals surface area contributed by atoms with E-state index >= 15 is 0 Å². The highest BCUT2D eigenvalue weighted by atomic mass is 16.5. The maximum atomic E-state index is 12.6. The molecule has 0 unspecified atom stereocenters. The Morgan fingerprint density at radius 1 is 1.09 bits per heavy atom. The van der Waals surface area contributed by atoms with E-state index in [1.807, 2.05) is 68.7 Å². The Hall–Kier alpha value is -2.33. The quantitative estimate of drug-likeness (QED) is 0.814. The first kappa shape index (κ1) is 17.0. The number of rotatable bonds is 8. The number of hydrogen-bond acceptors (Lipinski definition) is 3. The number of nitrogens with zero attached hydrogens (tertiary/aromatic N) is 1. The topological polar surface area (TPSA) is 41.6 Å². The maximum Gasteiger partial charge on any atom is 0.253 e. The van der Waals surface area contributed by atoms with Gasteiger partial charge >= 0.3 is 0 Å². The van der Waals surface area contributed by atoms with Crippen LogP contribution in [0.1, 0.15) is 15.9 Å². The fourth-order valence-electron chi connectivity index (χ4n) is 2.33. The summed E-state index contributed by atoms with van der Waals surface area (Å²) in [5.41, 5.74) is 1.84. The van der Waals surface area contributed by atoms with Crippen LogP contribution in [0.5, 0.6) is 5.75 Å². The van der Waals surface area contributed by atoms with Crippen LogP contribution in [0.2, 0.25) is 0 Å². The summed E-state index contributed by atoms with van der Waals surface area (Å²) in [5, 5.41) is 3.12. The number of likely N-dealkylation sites (N-methyl/N-ethyl adjacent to an activating group) is 2. The fraction of sp³-hybridized carbons (Fsp3) is 0.316. The lowest BCUT2D eigenvalue weighted by Crippen LogP contribution is -2.31. The van der Waals surface area contributed by atoms with Gasteiger partial charge in [0.05, 0.1) is 6.54 Å². The van der Waals surface area contributed by atoms with Crippen molar-refractivity contribution in [3.63, 3.8) is 0 Å². The molecule has 0 fully saturated rings. The molecule has 0 saturated heterocycles. The molecule has 1 N–H and O–H groups in total. The van der Waals surface area contributed by atoms with Gasteiger partial charge in [0.2, 0.25) is 0 Å². The molecule has 4 nitrogen and oxygen atoms in total. The molecule has 0 radical (unpaired) electrons. The Kier molecular flexibility index (Phi) is 6.63. The number of benzene rings is 2. The molecule has 1 amide bonds. The van der Waals surface area contributed by atoms with Gasteiger partial charge in [-0.05, 0) is 43.8 Å². The lowest BCUT2D eigenvalue weighted by atomic mass is 10.0. The molecule has 2 rings (SSSR count). The molecular weight excluding hydrogens is 288 g/mol. The average molecular weight is 312 g/mol. The van der Waals surface area contributed by atoms with E-state index in [0.29, 0.717) is 13.2 Å². The molecule has 0 heterocycles. The highest BCUT2D eigenvalue weighted by Crippen LogP contribution is 2.12. The SMILES string of the molecule is CNCCc1ccccc1C(=O)N(C)CCOc1ccccc1. The molecule has 0 aliphatic rings. The standard InChI is InChI=1S/C19H24N2O2/c1-20-13-12-16-8-6-7-11-18(16)19(22)21(2)14-15-23-17-9-4-3-5-10-17/h3-11,20H,12-15H2,1-2H3. The van der Waals surface area contributed by atoms with Crippen molar-refractivity contribution in [1.82, 2.24) is 10.2 Å². The average Bonchev–Trinajstić information content (AvgIpc) is 2.60. The summed E-state index contributed by atoms with van der Waals surface area (Å²) in [6.45, 7) is 1.88. The van der Waals surface area contributed by atoms with E-state index in [9.17, 15) is 4.79 Å². The highest BCUT2D eigenvalue weighted by Gasteiger charge is 2.15. The van der Waals surface area contributed by atoms with Crippen LogP contribution >= 0.6 is 0 Å². The number of amides is 1. The normalized spacial score (nSPS) is 10.3. The van der Waals surface area contributed by atoms with Crippen LogP contribution in [0.4, 0.5) is 0 Å². The van der Waals surface area contributed by atoms with Gasteiger partial charge in [-0.25, -0.2) is 0 Å². The third kappa shape index (κ3) is 5.11. The van der Waals surface area contributed by atoms with Gasteiger partial charge in [0, 0.05) is 12.6 Å². The third-order valence-electron chi connectivity index (χ3n) is 3.68. The second-order valence-electron chi connectivity index (χ2n) is 5.40. The number of carbonyl (C=O) groups excluding carboxylic acids is 1. The largest absolute Gasteiger partial charge is 0.492 e. The summed E-state index contributed by atoms with van der Waals surface area (Å²) in [6, 6.07) is 17.4. The Balaban J connectivity index is 1.91. The summed E-state index contributed by atoms with van der Waals surface area (Å²) in [6.07, 6.45) is 0.840. The smallest absolute Gasteiger partial charge is 0.253 e. The second-order valence-corrected chi connectivity index (χ2v) is 5.40. The van der Waals surface area contributed by atoms with Gasteiger partial charge in [-0.1, -0.05) is 36.4 Å². The summed E-state index contributed by atoms with van der Waals surface area (Å²) >= 11 is 0. The van der Waals surface area contributed by atoms with Crippen molar-refractivity contribution in [2.45, 2.75) is 6.42 Å². The maximum absolute atomic E-state index is 12.6. The zero-order valence-corrected chi connectivity index (χ0v) is 13.8. The summed E-state index contributed by atoms with van der Waals surface area (Å²) in [5.74, 6) is 0.858. The number of ether oxygens (including phenoxy) is 1. The summed E-state index contributed by atoms with van der Waals surface area (Å²) in [7, 11) is 3.73. The van der Waals surface area contributed by atoms with E-state index in [1.165, 1.54) is 0 Å². The first-order valence-corrected chi connectivity index (χ1v) is 7.88. The van der Waals surface area contributed by atoms with Crippen LogP contribution in [0, 0.1) is 0 Å². The molecule has 0 aromatic heterocycles. The molecule has 0 spiro atoms. The molecule has 0 saturated carbocycles. The first-order chi connectivity index (χ1) is 11.2. The Bertz CT molecular complexity index is 614. The van der Waals surface area contributed by atoms with Gasteiger partial charge in [-0.2, -0.15) is 0 Å². The van der Waals surface area contributed by atoms with Gasteiger partial charge in [-0.3, -0.25) is 4.79 Å². The first-order valence-electron chi connectivity index (χ1n) is 7.88. The highest BCUT2D eigenvalue weighted by molar-refractivity contribution is 5.95. The number of para-hydroxylation sites is 1. The van der Waals surface area contributed by atoms with Crippen LogP contribution in [0.25, 0.3) is 0 Å². The van der Waals surface area contributed by atoms with Crippen molar-refractivity contribution in [1.29, 1.82) is 0 Å². The fourth-order valence-corrected chi connectivity index (χ4v) is 2.33. The van der Waals surface area contributed by atoms with E-state index in [2.05, 4.69) is 5.32 Å². The Morgan fingerprint density at radius 2 is 1.78 bits per heavy atom. The summed E-state index contributed by atoms with van der Waals surface area (Å²) in [4.78, 5) is 14.3. The van der Waals surface area contributed by atoms with E-state index in [0.717, 1.165) is 29.8 Å². The van der Waals surface area contributed by atoms with Crippen molar-refractivity contribution in [3.8, 4) is 5.75 Å². The monoisotopic (exact) mass is 312 g/mol. The van der Waals surface area contributed by atoms with Gasteiger partial charge in [0.25, 0.3) is 5.91 Å². The second kappa shape index (κ2) is 8.96. The molecule has 2 aromatic carbocycles. The van der Waals surface area contributed by atoms with E-state index in [-0.39, 0.29) is 5.91 Å². The third-order valence-corrected chi connectivity index (χ3v) is 3.68. The number of carbonyl (C=O) groups is 1. The van der Waals surface area contributed by atoms with Gasteiger partial charge < -0.3 is 15.0 Å². The summed E-state index contributed by atoms with van der Waals surface area (Å²) < 4.78 is 5.65. The molecule has 2 aromatic rings. The van der Waals surface area contributed by atoms with Gasteiger partial charge in [0.15, 0.2) is 0 Å². The molecular formula is C19H24N2O2. The lowest BCUT2D eigenvalue weighted by Gasteiger charge is -2.19. The van der Waals surface area contributed by atoms with Gasteiger partial charge in [0.1, 0.15) is 12.4 Å². The molecule has 0 bridgehead atoms. The molecule has 0 aliphatic carbocycles. The molecule has 122 valence electrons. The van der Waals surface area contributed by atoms with Crippen LogP contribution < -0.4 is 10.1 Å². The van der Waals surface area contributed by atoms with Gasteiger partial charge in [-0.15, -0.1) is 0 Å². The van der Waals surface area contributed by atoms with Crippen LogP contribution in [-0.4, -0.2) is 44.6 Å². The Labute approximate surface area is 138 Å². The number of nitrogens with one attached hydrogen (secondary N) is 1. The minimum Gasteiger partial charge on any atom is -0.492 e. The number of hydrogen-bond donors (Lipinski definition) is 1. The molecule has 23 heavy (non-hydrogen) atoms. The van der Waals surface area contributed by atoms with Crippen molar-refractivity contribution in [2.24, 2.45) is 0 Å². The molecule has 4 heteroatoms. The van der Waals surface area contributed by atoms with E-state index in [1.54, 1.807) is 4.90 Å². The van der Waals surface area contributed by atoms with Crippen molar-refractivity contribution >= 4 is 5.91 Å². The predicted octanol–water partition coefficient (Wildman–Crippen LogP) is 2.60. The van der Waals surface area contributed by atoms with E-state index in [4.69, 9.17) is 4.74 Å². The van der Waals surface area contributed by atoms with Crippen molar-refractivity contribution in [2.75, 3.05) is 33.8 Å². The van der Waals surface area contributed by atoms with Crippen LogP contribution in [0.15, 0.2) is 54.6 Å². The predicted molar refractivity (Wildman–Crippen MR) is 93.0 cm³/mol. The van der Waals surface area contributed by atoms with Crippen LogP contribution in [-0.2, 0) is 6.42 Å². The minimum atomic E-state index is 0.0355. The van der Waals surface area contributed by atoms with Crippen LogP contribution in [0.3, 0.4) is 0 Å².